The largest absolute Gasteiger partial charge is 0.278 e. The number of nitrogens with one attached hydrogen (secondary N) is 2. The highest BCUT2D eigenvalue weighted by atomic mass is 32.2. The van der Waals surface area contributed by atoms with E-state index in [4.69, 9.17) is 0 Å². The van der Waals surface area contributed by atoms with Crippen molar-refractivity contribution in [2.45, 2.75) is 25.0 Å². The molecule has 1 amide bonds. The Bertz CT molecular complexity index is 1140. The zero-order chi connectivity index (χ0) is 21.0. The van der Waals surface area contributed by atoms with Gasteiger partial charge in [0.25, 0.3) is 15.9 Å². The molecule has 2 N–H and O–H groups in total. The maximum absolute atomic E-state index is 12.6. The van der Waals surface area contributed by atoms with Crippen LogP contribution in [0.1, 0.15) is 32.6 Å². The van der Waals surface area contributed by atoms with E-state index in [0.29, 0.717) is 0 Å². The number of anilines is 1. The average Bonchev–Trinajstić information content (AvgIpc) is 3.19. The monoisotopic (exact) mass is 427 g/mol. The molecule has 1 heterocycles. The van der Waals surface area contributed by atoms with Crippen LogP contribution < -0.4 is 10.1 Å². The molecule has 0 atom stereocenters. The molecule has 0 aliphatic rings. The van der Waals surface area contributed by atoms with Crippen molar-refractivity contribution in [2.75, 3.05) is 4.72 Å². The Morgan fingerprint density at radius 1 is 1.03 bits per heavy atom. The van der Waals surface area contributed by atoms with Gasteiger partial charge in [0, 0.05) is 5.56 Å². The minimum absolute atomic E-state index is 0.177. The first-order chi connectivity index (χ1) is 13.8. The van der Waals surface area contributed by atoms with E-state index in [2.05, 4.69) is 15.2 Å². The number of benzene rings is 2. The second-order valence-corrected chi connectivity index (χ2v) is 9.45. The van der Waals surface area contributed by atoms with Crippen LogP contribution in [0.4, 0.5) is 5.69 Å². The van der Waals surface area contributed by atoms with Gasteiger partial charge in [0.05, 0.1) is 17.5 Å². The third kappa shape index (κ3) is 4.90. The Morgan fingerprint density at radius 3 is 2.38 bits per heavy atom. The molecule has 3 aromatic rings. The fraction of sp³-hybridized carbons (Fsp3) is 0.143. The molecule has 3 rings (SSSR count). The van der Waals surface area contributed by atoms with Gasteiger partial charge in [-0.3, -0.25) is 9.52 Å². The molecule has 0 fully saturated rings. The van der Waals surface area contributed by atoms with Crippen LogP contribution in [0, 0.1) is 20.8 Å². The van der Waals surface area contributed by atoms with Gasteiger partial charge in [0.1, 0.15) is 4.21 Å². The van der Waals surface area contributed by atoms with Gasteiger partial charge < -0.3 is 0 Å². The molecule has 1 aromatic heterocycles. The van der Waals surface area contributed by atoms with E-state index in [-0.39, 0.29) is 15.5 Å². The quantitative estimate of drug-likeness (QED) is 0.456. The number of thiophene rings is 1. The van der Waals surface area contributed by atoms with Crippen LogP contribution in [0.5, 0.6) is 0 Å². The summed E-state index contributed by atoms with van der Waals surface area (Å²) in [4.78, 5) is 12.6. The van der Waals surface area contributed by atoms with E-state index < -0.39 is 15.9 Å². The zero-order valence-corrected chi connectivity index (χ0v) is 17.9. The number of aryl methyl sites for hydroxylation is 3. The van der Waals surface area contributed by atoms with Crippen LogP contribution in [0.2, 0.25) is 0 Å². The lowest BCUT2D eigenvalue weighted by atomic mass is 10.0. The Labute approximate surface area is 174 Å². The number of amides is 1. The lowest BCUT2D eigenvalue weighted by Gasteiger charge is -2.11. The molecule has 8 heteroatoms. The smallest absolute Gasteiger partial charge is 0.273 e. The molecule has 0 saturated carbocycles. The molecule has 150 valence electrons. The average molecular weight is 428 g/mol. The van der Waals surface area contributed by atoms with Crippen molar-refractivity contribution in [3.05, 3.63) is 81.7 Å². The topological polar surface area (TPSA) is 87.6 Å². The number of carbonyl (C=O) groups excluding carboxylic acids is 1. The maximum atomic E-state index is 12.6. The number of sulfonamides is 1. The number of hydrazone groups is 1. The summed E-state index contributed by atoms with van der Waals surface area (Å²) >= 11 is 1.10. The van der Waals surface area contributed by atoms with Gasteiger partial charge in [0.2, 0.25) is 0 Å². The Balaban J connectivity index is 1.79. The molecule has 0 bridgehead atoms. The van der Waals surface area contributed by atoms with Crippen molar-refractivity contribution in [3.8, 4) is 0 Å². The normalized spacial score (nSPS) is 11.6. The molecule has 0 spiro atoms. The molecular weight excluding hydrogens is 406 g/mol. The lowest BCUT2D eigenvalue weighted by Crippen LogP contribution is -2.21. The van der Waals surface area contributed by atoms with E-state index in [1.54, 1.807) is 35.9 Å². The number of carbonyl (C=O) groups is 1. The fourth-order valence-electron chi connectivity index (χ4n) is 2.99. The minimum atomic E-state index is -3.75. The Kier molecular flexibility index (Phi) is 6.14. The first-order valence-electron chi connectivity index (χ1n) is 8.84. The van der Waals surface area contributed by atoms with E-state index in [1.165, 1.54) is 12.1 Å². The summed E-state index contributed by atoms with van der Waals surface area (Å²) in [7, 11) is -3.75. The summed E-state index contributed by atoms with van der Waals surface area (Å²) in [5.41, 5.74) is 7.06. The Morgan fingerprint density at radius 2 is 1.72 bits per heavy atom. The van der Waals surface area contributed by atoms with Crippen molar-refractivity contribution >= 4 is 39.2 Å². The fourth-order valence-corrected chi connectivity index (χ4v) is 5.06. The Hall–Kier alpha value is -2.97. The highest BCUT2D eigenvalue weighted by Gasteiger charge is 2.19. The van der Waals surface area contributed by atoms with Crippen molar-refractivity contribution in [1.29, 1.82) is 0 Å². The molecule has 0 saturated heterocycles. The summed E-state index contributed by atoms with van der Waals surface area (Å²) in [6.07, 6.45) is 1.60. The summed E-state index contributed by atoms with van der Waals surface area (Å²) in [5.74, 6) is -0.506. The molecule has 0 aliphatic heterocycles. The van der Waals surface area contributed by atoms with Crippen molar-refractivity contribution in [2.24, 2.45) is 5.10 Å². The highest BCUT2D eigenvalue weighted by Crippen LogP contribution is 2.23. The van der Waals surface area contributed by atoms with Gasteiger partial charge in [0.15, 0.2) is 0 Å². The number of nitrogens with zero attached hydrogens (tertiary/aromatic N) is 1. The zero-order valence-electron chi connectivity index (χ0n) is 16.3. The third-order valence-corrected chi connectivity index (χ3v) is 7.04. The molecule has 6 nitrogen and oxygen atoms in total. The van der Waals surface area contributed by atoms with Crippen LogP contribution in [-0.4, -0.2) is 20.5 Å². The van der Waals surface area contributed by atoms with Crippen LogP contribution in [0.25, 0.3) is 0 Å². The van der Waals surface area contributed by atoms with E-state index in [1.807, 2.05) is 32.9 Å². The van der Waals surface area contributed by atoms with Crippen molar-refractivity contribution in [1.82, 2.24) is 5.43 Å². The van der Waals surface area contributed by atoms with Crippen LogP contribution >= 0.6 is 11.3 Å². The molecule has 2 aromatic carbocycles. The first kappa shape index (κ1) is 20.8. The third-order valence-electron chi connectivity index (χ3n) is 4.27. The van der Waals surface area contributed by atoms with Gasteiger partial charge in [-0.2, -0.15) is 5.10 Å². The highest BCUT2D eigenvalue weighted by molar-refractivity contribution is 7.94. The second kappa shape index (κ2) is 8.59. The van der Waals surface area contributed by atoms with Gasteiger partial charge in [-0.1, -0.05) is 35.9 Å². The maximum Gasteiger partial charge on any atom is 0.273 e. The lowest BCUT2D eigenvalue weighted by molar-refractivity contribution is 0.0956. The number of para-hydroxylation sites is 1. The number of hydrogen-bond acceptors (Lipinski definition) is 5. The van der Waals surface area contributed by atoms with Gasteiger partial charge >= 0.3 is 0 Å². The molecule has 0 aliphatic carbocycles. The molecule has 0 radical (unpaired) electrons. The minimum Gasteiger partial charge on any atom is -0.278 e. The number of hydrogen-bond donors (Lipinski definition) is 2. The molecular formula is C21H21N3O3S2. The van der Waals surface area contributed by atoms with Crippen LogP contribution in [-0.2, 0) is 10.0 Å². The van der Waals surface area contributed by atoms with E-state index in [9.17, 15) is 13.2 Å². The summed E-state index contributed by atoms with van der Waals surface area (Å²) in [6.45, 7) is 5.99. The summed E-state index contributed by atoms with van der Waals surface area (Å²) < 4.78 is 27.6. The second-order valence-electron chi connectivity index (χ2n) is 6.59. The van der Waals surface area contributed by atoms with E-state index in [0.717, 1.165) is 33.6 Å². The van der Waals surface area contributed by atoms with E-state index >= 15 is 0 Å². The standard InChI is InChI=1S/C21H21N3O3S2/c1-14-11-15(2)18(16(3)12-14)13-22-23-21(25)17-7-4-5-8-19(17)24-29(26,27)20-9-6-10-28-20/h4-13,24H,1-3H3,(H,23,25)/b22-13+. The van der Waals surface area contributed by atoms with Crippen molar-refractivity contribution < 1.29 is 13.2 Å². The number of rotatable bonds is 6. The predicted molar refractivity (Wildman–Crippen MR) is 117 cm³/mol. The van der Waals surface area contributed by atoms with Gasteiger partial charge in [-0.15, -0.1) is 11.3 Å². The predicted octanol–water partition coefficient (Wildman–Crippen LogP) is 4.24. The summed E-state index contributed by atoms with van der Waals surface area (Å²) in [5, 5.41) is 5.73. The summed E-state index contributed by atoms with van der Waals surface area (Å²) in [6, 6.07) is 13.7. The van der Waals surface area contributed by atoms with Gasteiger partial charge in [-0.25, -0.2) is 13.8 Å². The van der Waals surface area contributed by atoms with Crippen LogP contribution in [0.3, 0.4) is 0 Å². The SMILES string of the molecule is Cc1cc(C)c(/C=N/NC(=O)c2ccccc2NS(=O)(=O)c2cccs2)c(C)c1. The van der Waals surface area contributed by atoms with Crippen LogP contribution in [0.15, 0.2) is 63.2 Å². The van der Waals surface area contributed by atoms with Gasteiger partial charge in [-0.05, 0) is 55.5 Å². The molecule has 29 heavy (non-hydrogen) atoms. The van der Waals surface area contributed by atoms with Crippen molar-refractivity contribution in [3.63, 3.8) is 0 Å². The first-order valence-corrected chi connectivity index (χ1v) is 11.2. The molecule has 0 unspecified atom stereocenters.